The molecule has 3 heterocycles. The van der Waals surface area contributed by atoms with Crippen LogP contribution in [-0.4, -0.2) is 93.1 Å². The van der Waals surface area contributed by atoms with Gasteiger partial charge in [-0.05, 0) is 69.9 Å². The highest BCUT2D eigenvalue weighted by Crippen LogP contribution is 2.69. The second-order valence-electron chi connectivity index (χ2n) is 16.8. The Morgan fingerprint density at radius 1 is 1.14 bits per heavy atom. The number of hydrogen-bond acceptors (Lipinski definition) is 11. The van der Waals surface area contributed by atoms with Crippen molar-refractivity contribution in [3.05, 3.63) is 42.3 Å². The van der Waals surface area contributed by atoms with Crippen LogP contribution in [0.2, 0.25) is 0 Å². The molecular weight excluding hydrogens is 768 g/mol. The van der Waals surface area contributed by atoms with Crippen molar-refractivity contribution in [2.75, 3.05) is 25.1 Å². The largest absolute Gasteiger partial charge is 0.497 e. The predicted molar refractivity (Wildman–Crippen MR) is 222 cm³/mol. The molecule has 14 nitrogen and oxygen atoms in total. The van der Waals surface area contributed by atoms with E-state index < -0.39 is 60.1 Å². The number of nitrogens with zero attached hydrogens (tertiary/aromatic N) is 3. The molecule has 3 aromatic rings. The zero-order valence-electron chi connectivity index (χ0n) is 34.0. The van der Waals surface area contributed by atoms with Gasteiger partial charge < -0.3 is 40.0 Å². The Morgan fingerprint density at radius 2 is 1.88 bits per heavy atom. The second-order valence-corrected chi connectivity index (χ2v) is 20.4. The van der Waals surface area contributed by atoms with Gasteiger partial charge in [-0.1, -0.05) is 33.8 Å². The normalized spacial score (nSPS) is 23.8. The van der Waals surface area contributed by atoms with Crippen LogP contribution >= 0.6 is 18.7 Å². The molecule has 3 amide bonds. The number of anilines is 1. The number of amides is 3. The predicted octanol–water partition coefficient (Wildman–Crippen LogP) is 7.32. The van der Waals surface area contributed by atoms with Crippen LogP contribution < -0.4 is 25.4 Å². The van der Waals surface area contributed by atoms with Crippen molar-refractivity contribution in [3.63, 3.8) is 0 Å². The van der Waals surface area contributed by atoms with Gasteiger partial charge in [0.2, 0.25) is 19.2 Å². The fourth-order valence-corrected chi connectivity index (χ4v) is 11.1. The lowest BCUT2D eigenvalue weighted by Crippen LogP contribution is -2.58. The average Bonchev–Trinajstić information content (AvgIpc) is 3.55. The lowest BCUT2D eigenvalue weighted by Gasteiger charge is -2.36. The van der Waals surface area contributed by atoms with Crippen molar-refractivity contribution in [1.29, 1.82) is 0 Å². The van der Waals surface area contributed by atoms with Gasteiger partial charge in [-0.15, -0.1) is 17.9 Å². The maximum atomic E-state index is 14.7. The Kier molecular flexibility index (Phi) is 12.6. The molecule has 16 heteroatoms. The van der Waals surface area contributed by atoms with Gasteiger partial charge in [-0.3, -0.25) is 14.2 Å². The number of carbonyl (C=O) groups is 3. The van der Waals surface area contributed by atoms with Crippen molar-refractivity contribution >= 4 is 52.6 Å². The van der Waals surface area contributed by atoms with E-state index >= 15 is 0 Å². The van der Waals surface area contributed by atoms with Crippen LogP contribution in [0.1, 0.15) is 86.5 Å². The van der Waals surface area contributed by atoms with Crippen molar-refractivity contribution in [3.8, 4) is 22.9 Å². The molecule has 4 N–H and O–H groups in total. The van der Waals surface area contributed by atoms with E-state index in [9.17, 15) is 23.8 Å². The van der Waals surface area contributed by atoms with Crippen molar-refractivity contribution in [2.24, 2.45) is 11.3 Å². The zero-order chi connectivity index (χ0) is 41.3. The number of thiazole rings is 1. The number of carbonyl (C=O) groups excluding carboxylic acids is 3. The summed E-state index contributed by atoms with van der Waals surface area (Å²) < 4.78 is 31.7. The summed E-state index contributed by atoms with van der Waals surface area (Å²) in [5.41, 5.74) is 1.05. The van der Waals surface area contributed by atoms with Gasteiger partial charge >= 0.3 is 6.09 Å². The van der Waals surface area contributed by atoms with Gasteiger partial charge in [0.05, 0.1) is 24.9 Å². The number of alkyl carbamates (subject to hydrolysis) is 1. The number of pyridine rings is 1. The minimum Gasteiger partial charge on any atom is -0.497 e. The molecular formula is C41H57N6O8PS. The monoisotopic (exact) mass is 824 g/mol. The van der Waals surface area contributed by atoms with Gasteiger partial charge in [0, 0.05) is 47.4 Å². The topological polar surface area (TPSA) is 181 Å². The van der Waals surface area contributed by atoms with Crippen molar-refractivity contribution < 1.29 is 38.1 Å². The first-order chi connectivity index (χ1) is 27.0. The molecule has 1 unspecified atom stereocenters. The number of rotatable bonds is 15. The van der Waals surface area contributed by atoms with Crippen molar-refractivity contribution in [2.45, 2.75) is 122 Å². The maximum absolute atomic E-state index is 14.7. The quantitative estimate of drug-likeness (QED) is 0.0891. The van der Waals surface area contributed by atoms with E-state index in [-0.39, 0.29) is 37.7 Å². The summed E-state index contributed by atoms with van der Waals surface area (Å²) in [4.78, 5) is 64.8. The van der Waals surface area contributed by atoms with Gasteiger partial charge in [-0.2, -0.15) is 0 Å². The molecule has 3 fully saturated rings. The van der Waals surface area contributed by atoms with Crippen LogP contribution in [0.5, 0.6) is 11.5 Å². The van der Waals surface area contributed by atoms with E-state index in [1.54, 1.807) is 13.2 Å². The van der Waals surface area contributed by atoms with Gasteiger partial charge in [-0.25, -0.2) is 14.8 Å². The number of fused-ring (bicyclic) bond motifs is 1. The third-order valence-electron chi connectivity index (χ3n) is 11.0. The molecule has 0 radical (unpaired) electrons. The number of aromatic nitrogens is 2. The third kappa shape index (κ3) is 9.26. The van der Waals surface area contributed by atoms with E-state index in [2.05, 4.69) is 22.5 Å². The van der Waals surface area contributed by atoms with Crippen LogP contribution in [-0.2, 0) is 18.9 Å². The Hall–Kier alpha value is -4.20. The molecule has 0 spiro atoms. The lowest BCUT2D eigenvalue weighted by atomic mass is 9.85. The molecule has 1 saturated heterocycles. The van der Waals surface area contributed by atoms with Crippen LogP contribution in [0.25, 0.3) is 22.3 Å². The molecule has 1 aliphatic heterocycles. The Morgan fingerprint density at radius 3 is 2.51 bits per heavy atom. The maximum Gasteiger partial charge on any atom is 0.408 e. The molecule has 6 atom stereocenters. The first-order valence-corrected chi connectivity index (χ1v) is 22.6. The number of likely N-dealkylation sites (tertiary alicyclic amines) is 1. The third-order valence-corrected chi connectivity index (χ3v) is 14.7. The Balaban J connectivity index is 1.34. The number of benzene rings is 1. The number of methoxy groups -OCH3 is 1. The minimum atomic E-state index is -3.86. The molecule has 2 saturated carbocycles. The van der Waals surface area contributed by atoms with E-state index in [0.717, 1.165) is 30.8 Å². The summed E-state index contributed by atoms with van der Waals surface area (Å²) >= 11 is 1.47. The summed E-state index contributed by atoms with van der Waals surface area (Å²) in [7, 11) is -2.28. The fraction of sp³-hybridized carbons (Fsp3) is 0.585. The molecule has 6 rings (SSSR count). The minimum absolute atomic E-state index is 0.000940. The highest BCUT2D eigenvalue weighted by atomic mass is 32.1. The molecule has 310 valence electrons. The molecule has 57 heavy (non-hydrogen) atoms. The van der Waals surface area contributed by atoms with Gasteiger partial charge in [0.15, 0.2) is 5.13 Å². The molecule has 3 aliphatic rings. The Labute approximate surface area is 339 Å². The first kappa shape index (κ1) is 42.4. The molecule has 2 aliphatic carbocycles. The molecule has 2 aromatic heterocycles. The Bertz CT molecular complexity index is 2030. The number of nitrogens with one attached hydrogen (secondary N) is 3. The smallest absolute Gasteiger partial charge is 0.408 e. The lowest BCUT2D eigenvalue weighted by molar-refractivity contribution is -0.142. The fourth-order valence-electron chi connectivity index (χ4n) is 7.90. The van der Waals surface area contributed by atoms with Crippen LogP contribution in [0, 0.1) is 11.3 Å². The molecule has 0 bridgehead atoms. The summed E-state index contributed by atoms with van der Waals surface area (Å²) in [6.07, 6.45) is 4.34. The van der Waals surface area contributed by atoms with E-state index in [1.165, 1.54) is 16.2 Å². The van der Waals surface area contributed by atoms with Crippen LogP contribution in [0.4, 0.5) is 9.93 Å². The standard InChI is InChI=1S/C41H57N6O8PS/c1-9-17-56(51,52)41(21-25(41)10-2)46-36(48)33-19-28(22-47(33)37(49)35(40(5,6)7)45-39(50)55-26-13-11-12-14-26)54-34-20-31(32-23-57-38(44-32)42-24(3)4)43-30-18-27(53-8)15-16-29(30)34/h10,15-16,18,20,23-26,28,33,35H,2,9,11-14,17,19,21-22H2,1,3-8H3,(H,42,44)(H,45,50)(H,46,48)(H,51,52)/t25-,28-,33+,35-,41+/m1/s1. The summed E-state index contributed by atoms with van der Waals surface area (Å²) in [6.45, 7) is 15.3. The molecule has 1 aromatic carbocycles. The first-order valence-electron chi connectivity index (χ1n) is 19.9. The summed E-state index contributed by atoms with van der Waals surface area (Å²) in [6, 6.07) is 5.33. The summed E-state index contributed by atoms with van der Waals surface area (Å²) in [5, 5.41) is 11.1. The van der Waals surface area contributed by atoms with E-state index in [0.29, 0.717) is 40.2 Å². The highest BCUT2D eigenvalue weighted by Gasteiger charge is 2.65. The number of ether oxygens (including phenoxy) is 3. The zero-order valence-corrected chi connectivity index (χ0v) is 35.7. The SMILES string of the molecule is C=C[C@@H]1C[C@]1(NC(=O)[C@@H]1C[C@@H](Oc2cc(-c3csc(NC(C)C)n3)nc3cc(OC)ccc23)CN1C(=O)[C@@H](NC(=O)OC1CCCC1)C(C)(C)C)P(=O)(O)CCC. The van der Waals surface area contributed by atoms with Gasteiger partial charge in [0.1, 0.15) is 46.8 Å². The van der Waals surface area contributed by atoms with Crippen LogP contribution in [0.3, 0.4) is 0 Å². The van der Waals surface area contributed by atoms with Crippen molar-refractivity contribution in [1.82, 2.24) is 25.5 Å². The van der Waals surface area contributed by atoms with E-state index in [4.69, 9.17) is 24.2 Å². The average molecular weight is 825 g/mol. The highest BCUT2D eigenvalue weighted by molar-refractivity contribution is 7.60. The summed E-state index contributed by atoms with van der Waals surface area (Å²) in [5.74, 6) is -0.363. The van der Waals surface area contributed by atoms with Crippen LogP contribution in [0.15, 0.2) is 42.3 Å². The van der Waals surface area contributed by atoms with Gasteiger partial charge in [0.25, 0.3) is 0 Å². The second kappa shape index (κ2) is 17.0. The van der Waals surface area contributed by atoms with E-state index in [1.807, 2.05) is 71.2 Å². The number of hydrogen-bond donors (Lipinski definition) is 4.